The zero-order valence-electron chi connectivity index (χ0n) is 6.92. The second-order valence-electron chi connectivity index (χ2n) is 2.63. The lowest BCUT2D eigenvalue weighted by Gasteiger charge is -2.08. The molecule has 4 heteroatoms. The molecule has 0 aliphatic rings. The predicted octanol–water partition coefficient (Wildman–Crippen LogP) is -0.559. The molecule has 1 heterocycles. The van der Waals surface area contributed by atoms with Gasteiger partial charge in [-0.25, -0.2) is 0 Å². The third kappa shape index (κ3) is 1.69. The summed E-state index contributed by atoms with van der Waals surface area (Å²) in [5.41, 5.74) is 0. The zero-order chi connectivity index (χ0) is 8.43. The van der Waals surface area contributed by atoms with E-state index in [1.807, 2.05) is 11.4 Å². The quantitative estimate of drug-likeness (QED) is 0.537. The topological polar surface area (TPSA) is 20.3 Å². The summed E-state index contributed by atoms with van der Waals surface area (Å²) in [6.45, 7) is 0. The van der Waals surface area contributed by atoms with E-state index < -0.39 is 0 Å². The molecule has 0 unspecified atom stereocenters. The standard InChI is InChI=1S/C7H11NOSSi/c1-8(2)7(9)6-5(11)3-4-10-6/h3-4H,1-2,11H3. The lowest BCUT2D eigenvalue weighted by atomic mass is 10.4. The van der Waals surface area contributed by atoms with E-state index in [1.54, 1.807) is 19.0 Å². The Morgan fingerprint density at radius 3 is 2.64 bits per heavy atom. The van der Waals surface area contributed by atoms with Crippen molar-refractivity contribution in [2.45, 2.75) is 0 Å². The van der Waals surface area contributed by atoms with Crippen molar-refractivity contribution in [3.05, 3.63) is 16.3 Å². The first-order chi connectivity index (χ1) is 5.13. The van der Waals surface area contributed by atoms with Crippen molar-refractivity contribution in [2.75, 3.05) is 14.1 Å². The number of nitrogens with zero attached hydrogens (tertiary/aromatic N) is 1. The minimum atomic E-state index is 0.130. The van der Waals surface area contributed by atoms with Gasteiger partial charge >= 0.3 is 0 Å². The molecule has 11 heavy (non-hydrogen) atoms. The summed E-state index contributed by atoms with van der Waals surface area (Å²) in [4.78, 5) is 13.9. The molecule has 0 saturated carbocycles. The van der Waals surface area contributed by atoms with E-state index in [0.29, 0.717) is 0 Å². The highest BCUT2D eigenvalue weighted by Gasteiger charge is 2.10. The van der Waals surface area contributed by atoms with Gasteiger partial charge in [-0.2, -0.15) is 0 Å². The molecule has 0 aromatic carbocycles. The predicted molar refractivity (Wildman–Crippen MR) is 51.9 cm³/mol. The summed E-state index contributed by atoms with van der Waals surface area (Å²) in [5, 5.41) is 3.17. The van der Waals surface area contributed by atoms with Crippen LogP contribution in [0.5, 0.6) is 0 Å². The van der Waals surface area contributed by atoms with Gasteiger partial charge in [0.05, 0.1) is 4.88 Å². The molecule has 1 aromatic heterocycles. The first kappa shape index (κ1) is 8.48. The lowest BCUT2D eigenvalue weighted by Crippen LogP contribution is -2.25. The van der Waals surface area contributed by atoms with Gasteiger partial charge in [-0.3, -0.25) is 4.79 Å². The van der Waals surface area contributed by atoms with E-state index in [9.17, 15) is 4.79 Å². The van der Waals surface area contributed by atoms with E-state index in [1.165, 1.54) is 16.5 Å². The van der Waals surface area contributed by atoms with Crippen molar-refractivity contribution >= 4 is 32.7 Å². The van der Waals surface area contributed by atoms with E-state index in [0.717, 1.165) is 15.1 Å². The van der Waals surface area contributed by atoms with Crippen molar-refractivity contribution in [1.82, 2.24) is 4.90 Å². The molecule has 2 nitrogen and oxygen atoms in total. The van der Waals surface area contributed by atoms with E-state index in [-0.39, 0.29) is 5.91 Å². The average molecular weight is 185 g/mol. The Morgan fingerprint density at radius 1 is 1.64 bits per heavy atom. The highest BCUT2D eigenvalue weighted by atomic mass is 32.1. The van der Waals surface area contributed by atoms with Crippen LogP contribution in [0.25, 0.3) is 0 Å². The molecule has 0 atom stereocenters. The molecule has 0 radical (unpaired) electrons. The Morgan fingerprint density at radius 2 is 2.27 bits per heavy atom. The van der Waals surface area contributed by atoms with Gasteiger partial charge in [0.2, 0.25) is 0 Å². The van der Waals surface area contributed by atoms with Crippen molar-refractivity contribution in [2.24, 2.45) is 0 Å². The Labute approximate surface area is 73.3 Å². The molecule has 0 N–H and O–H groups in total. The highest BCUT2D eigenvalue weighted by molar-refractivity contribution is 7.13. The lowest BCUT2D eigenvalue weighted by molar-refractivity contribution is 0.0833. The Balaban J connectivity index is 2.93. The monoisotopic (exact) mass is 185 g/mol. The van der Waals surface area contributed by atoms with Crippen LogP contribution in [0.1, 0.15) is 9.67 Å². The second-order valence-corrected chi connectivity index (χ2v) is 4.63. The van der Waals surface area contributed by atoms with Gasteiger partial charge in [0.25, 0.3) is 5.91 Å². The number of hydrogen-bond acceptors (Lipinski definition) is 2. The van der Waals surface area contributed by atoms with Crippen LogP contribution in [-0.4, -0.2) is 35.1 Å². The number of hydrogen-bond donors (Lipinski definition) is 0. The summed E-state index contributed by atoms with van der Waals surface area (Å²) in [5.74, 6) is 0.130. The van der Waals surface area contributed by atoms with Gasteiger partial charge < -0.3 is 4.90 Å². The molecule has 0 aliphatic carbocycles. The maximum atomic E-state index is 11.4. The van der Waals surface area contributed by atoms with Crippen molar-refractivity contribution in [3.63, 3.8) is 0 Å². The van der Waals surface area contributed by atoms with Gasteiger partial charge in [-0.1, -0.05) is 6.07 Å². The molecule has 0 spiro atoms. The number of carbonyl (C=O) groups excluding carboxylic acids is 1. The molecule has 0 aliphatic heterocycles. The van der Waals surface area contributed by atoms with Crippen LogP contribution in [0.3, 0.4) is 0 Å². The summed E-state index contributed by atoms with van der Waals surface area (Å²) >= 11 is 1.53. The normalized spacial score (nSPS) is 10.0. The number of thiophene rings is 1. The van der Waals surface area contributed by atoms with Gasteiger partial charge in [0.1, 0.15) is 0 Å². The Kier molecular flexibility index (Phi) is 2.46. The fourth-order valence-corrected chi connectivity index (χ4v) is 2.72. The Hall–Kier alpha value is -0.613. The van der Waals surface area contributed by atoms with Crippen LogP contribution in [0, 0.1) is 0 Å². The largest absolute Gasteiger partial charge is 0.344 e. The Bertz CT molecular complexity index is 269. The first-order valence-corrected chi connectivity index (χ1v) is 5.26. The van der Waals surface area contributed by atoms with E-state index in [4.69, 9.17) is 0 Å². The number of amides is 1. The fraction of sp³-hybridized carbons (Fsp3) is 0.286. The molecule has 1 rings (SSSR count). The van der Waals surface area contributed by atoms with Crippen LogP contribution in [-0.2, 0) is 0 Å². The first-order valence-electron chi connectivity index (χ1n) is 3.38. The van der Waals surface area contributed by atoms with Gasteiger partial charge in [-0.05, 0) is 10.6 Å². The van der Waals surface area contributed by atoms with Crippen molar-refractivity contribution < 1.29 is 4.79 Å². The number of rotatable bonds is 1. The molecular weight excluding hydrogens is 174 g/mol. The molecule has 0 fully saturated rings. The third-order valence-corrected chi connectivity index (χ3v) is 3.66. The van der Waals surface area contributed by atoms with Crippen LogP contribution < -0.4 is 5.19 Å². The second kappa shape index (κ2) is 3.19. The summed E-state index contributed by atoms with van der Waals surface area (Å²) in [6.07, 6.45) is 0. The summed E-state index contributed by atoms with van der Waals surface area (Å²) < 4.78 is 0. The zero-order valence-corrected chi connectivity index (χ0v) is 9.73. The van der Waals surface area contributed by atoms with Gasteiger partial charge in [0, 0.05) is 24.3 Å². The molecule has 0 bridgehead atoms. The van der Waals surface area contributed by atoms with Crippen molar-refractivity contribution in [1.29, 1.82) is 0 Å². The summed E-state index contributed by atoms with van der Waals surface area (Å²) in [6, 6.07) is 2.02. The van der Waals surface area contributed by atoms with Crippen LogP contribution in [0.4, 0.5) is 0 Å². The summed E-state index contributed by atoms with van der Waals surface area (Å²) in [7, 11) is 4.52. The molecule has 1 aromatic rings. The van der Waals surface area contributed by atoms with E-state index in [2.05, 4.69) is 0 Å². The maximum Gasteiger partial charge on any atom is 0.263 e. The van der Waals surface area contributed by atoms with Gasteiger partial charge in [-0.15, -0.1) is 11.3 Å². The van der Waals surface area contributed by atoms with E-state index >= 15 is 0 Å². The molecular formula is C7H11NOSSi. The van der Waals surface area contributed by atoms with Gasteiger partial charge in [0.15, 0.2) is 0 Å². The fourth-order valence-electron chi connectivity index (χ4n) is 0.795. The van der Waals surface area contributed by atoms with Crippen LogP contribution in [0.15, 0.2) is 11.4 Å². The minimum absolute atomic E-state index is 0.130. The molecule has 1 amide bonds. The minimum Gasteiger partial charge on any atom is -0.344 e. The third-order valence-electron chi connectivity index (χ3n) is 1.46. The number of carbonyl (C=O) groups is 1. The maximum absolute atomic E-state index is 11.4. The molecule has 0 saturated heterocycles. The SMILES string of the molecule is CN(C)C(=O)c1sccc1[SiH3]. The van der Waals surface area contributed by atoms with Crippen LogP contribution >= 0.6 is 11.3 Å². The average Bonchev–Trinajstić information content (AvgIpc) is 2.33. The van der Waals surface area contributed by atoms with Crippen LogP contribution in [0.2, 0.25) is 0 Å². The smallest absolute Gasteiger partial charge is 0.263 e. The highest BCUT2D eigenvalue weighted by Crippen LogP contribution is 2.06. The molecule has 60 valence electrons. The van der Waals surface area contributed by atoms with Crippen molar-refractivity contribution in [3.8, 4) is 0 Å².